The van der Waals surface area contributed by atoms with E-state index in [2.05, 4.69) is 5.32 Å². The summed E-state index contributed by atoms with van der Waals surface area (Å²) >= 11 is 0. The second-order valence-electron chi connectivity index (χ2n) is 6.09. The fraction of sp³-hybridized carbons (Fsp3) is 0.278. The number of hydrogen-bond donors (Lipinski definition) is 1. The van der Waals surface area contributed by atoms with Crippen LogP contribution in [0.1, 0.15) is 15.9 Å². The average Bonchev–Trinajstić information content (AvgIpc) is 2.67. The molecule has 148 valence electrons. The molecular formula is C18H16F3N3O4. The average molecular weight is 395 g/mol. The van der Waals surface area contributed by atoms with Crippen molar-refractivity contribution in [1.29, 1.82) is 0 Å². The lowest BCUT2D eigenvalue weighted by Crippen LogP contribution is -2.37. The Morgan fingerprint density at radius 3 is 2.50 bits per heavy atom. The molecule has 0 saturated carbocycles. The van der Waals surface area contributed by atoms with Gasteiger partial charge >= 0.3 is 6.18 Å². The lowest BCUT2D eigenvalue weighted by Gasteiger charge is -2.30. The SMILES string of the molecule is O=C(Nc1cccc(C(F)(F)F)c1)c1cc([N+](=O)[O-])ccc1N1CCOCC1. The molecule has 1 heterocycles. The maximum atomic E-state index is 12.9. The number of halogens is 3. The highest BCUT2D eigenvalue weighted by molar-refractivity contribution is 6.08. The van der Waals surface area contributed by atoms with Crippen molar-refractivity contribution in [1.82, 2.24) is 0 Å². The number of anilines is 2. The van der Waals surface area contributed by atoms with Crippen LogP contribution in [-0.2, 0) is 10.9 Å². The minimum atomic E-state index is -4.55. The van der Waals surface area contributed by atoms with Gasteiger partial charge in [0.1, 0.15) is 0 Å². The lowest BCUT2D eigenvalue weighted by molar-refractivity contribution is -0.384. The molecule has 10 heteroatoms. The van der Waals surface area contributed by atoms with Crippen molar-refractivity contribution in [2.75, 3.05) is 36.5 Å². The summed E-state index contributed by atoms with van der Waals surface area (Å²) in [5.74, 6) is -0.732. The Morgan fingerprint density at radius 1 is 1.14 bits per heavy atom. The van der Waals surface area contributed by atoms with Crippen molar-refractivity contribution in [3.8, 4) is 0 Å². The summed E-state index contributed by atoms with van der Waals surface area (Å²) in [6.45, 7) is 1.85. The third-order valence-corrected chi connectivity index (χ3v) is 4.24. The van der Waals surface area contributed by atoms with Crippen LogP contribution >= 0.6 is 0 Å². The molecule has 1 aliphatic rings. The van der Waals surface area contributed by atoms with Crippen LogP contribution < -0.4 is 10.2 Å². The van der Waals surface area contributed by atoms with Crippen molar-refractivity contribution in [3.05, 3.63) is 63.7 Å². The van der Waals surface area contributed by atoms with E-state index in [9.17, 15) is 28.1 Å². The Bertz CT molecular complexity index is 896. The van der Waals surface area contributed by atoms with E-state index in [-0.39, 0.29) is 16.9 Å². The van der Waals surface area contributed by atoms with Gasteiger partial charge < -0.3 is 15.0 Å². The van der Waals surface area contributed by atoms with Crippen LogP contribution in [0.2, 0.25) is 0 Å². The Hall–Kier alpha value is -3.14. The third kappa shape index (κ3) is 4.39. The van der Waals surface area contributed by atoms with Gasteiger partial charge in [0.25, 0.3) is 11.6 Å². The first kappa shape index (κ1) is 19.6. The van der Waals surface area contributed by atoms with Gasteiger partial charge in [-0.15, -0.1) is 0 Å². The van der Waals surface area contributed by atoms with Crippen molar-refractivity contribution < 1.29 is 27.6 Å². The molecule has 1 amide bonds. The van der Waals surface area contributed by atoms with Gasteiger partial charge in [-0.1, -0.05) is 6.07 Å². The maximum Gasteiger partial charge on any atom is 0.416 e. The van der Waals surface area contributed by atoms with Crippen LogP contribution in [0, 0.1) is 10.1 Å². The molecule has 0 bridgehead atoms. The first-order valence-corrected chi connectivity index (χ1v) is 8.35. The second kappa shape index (κ2) is 7.85. The Morgan fingerprint density at radius 2 is 1.86 bits per heavy atom. The number of ether oxygens (including phenoxy) is 1. The first-order chi connectivity index (χ1) is 13.3. The van der Waals surface area contributed by atoms with Gasteiger partial charge in [-0.05, 0) is 24.3 Å². The van der Waals surface area contributed by atoms with Crippen molar-refractivity contribution in [2.24, 2.45) is 0 Å². The summed E-state index contributed by atoms with van der Waals surface area (Å²) < 4.78 is 43.9. The quantitative estimate of drug-likeness (QED) is 0.630. The first-order valence-electron chi connectivity index (χ1n) is 8.35. The molecular weight excluding hydrogens is 379 g/mol. The standard InChI is InChI=1S/C18H16F3N3O4/c19-18(20,21)12-2-1-3-13(10-12)22-17(25)15-11-14(24(26)27)4-5-16(15)23-6-8-28-9-7-23/h1-5,10-11H,6-9H2,(H,22,25). The second-order valence-corrected chi connectivity index (χ2v) is 6.09. The molecule has 0 spiro atoms. The minimum absolute atomic E-state index is 0.00788. The normalized spacial score (nSPS) is 14.6. The molecule has 0 aliphatic carbocycles. The van der Waals surface area contributed by atoms with Crippen LogP contribution in [0.25, 0.3) is 0 Å². The molecule has 7 nitrogen and oxygen atoms in total. The van der Waals surface area contributed by atoms with E-state index in [1.54, 1.807) is 0 Å². The third-order valence-electron chi connectivity index (χ3n) is 4.24. The van der Waals surface area contributed by atoms with Gasteiger partial charge in [0, 0.05) is 30.9 Å². The summed E-state index contributed by atoms with van der Waals surface area (Å²) in [6.07, 6.45) is -4.55. The van der Waals surface area contributed by atoms with Gasteiger partial charge in [-0.25, -0.2) is 0 Å². The smallest absolute Gasteiger partial charge is 0.378 e. The summed E-state index contributed by atoms with van der Waals surface area (Å²) in [4.78, 5) is 25.0. The summed E-state index contributed by atoms with van der Waals surface area (Å²) in [5.41, 5.74) is -0.782. The Kier molecular flexibility index (Phi) is 5.50. The van der Waals surface area contributed by atoms with Crippen molar-refractivity contribution >= 4 is 23.0 Å². The number of amides is 1. The Labute approximate surface area is 157 Å². The van der Waals surface area contributed by atoms with E-state index < -0.39 is 22.6 Å². The molecule has 0 unspecified atom stereocenters. The van der Waals surface area contributed by atoms with Crippen molar-refractivity contribution in [3.63, 3.8) is 0 Å². The highest BCUT2D eigenvalue weighted by atomic mass is 19.4. The number of rotatable bonds is 4. The fourth-order valence-corrected chi connectivity index (χ4v) is 2.87. The zero-order valence-corrected chi connectivity index (χ0v) is 14.5. The number of carbonyl (C=O) groups is 1. The van der Waals surface area contributed by atoms with E-state index in [1.165, 1.54) is 24.3 Å². The molecule has 0 aromatic heterocycles. The molecule has 1 saturated heterocycles. The van der Waals surface area contributed by atoms with Crippen LogP contribution in [0.5, 0.6) is 0 Å². The zero-order chi connectivity index (χ0) is 20.3. The number of morpholine rings is 1. The number of benzene rings is 2. The molecule has 0 atom stereocenters. The number of alkyl halides is 3. The van der Waals surface area contributed by atoms with E-state index in [1.807, 2.05) is 4.90 Å². The van der Waals surface area contributed by atoms with Crippen LogP contribution in [-0.4, -0.2) is 37.1 Å². The van der Waals surface area contributed by atoms with Gasteiger partial charge in [-0.2, -0.15) is 13.2 Å². The number of non-ortho nitro benzene ring substituents is 1. The number of nitro groups is 1. The summed E-state index contributed by atoms with van der Waals surface area (Å²) in [7, 11) is 0. The molecule has 1 fully saturated rings. The molecule has 2 aromatic rings. The van der Waals surface area contributed by atoms with Gasteiger partial charge in [0.05, 0.1) is 35.0 Å². The van der Waals surface area contributed by atoms with E-state index in [4.69, 9.17) is 4.74 Å². The van der Waals surface area contributed by atoms with Crippen molar-refractivity contribution in [2.45, 2.75) is 6.18 Å². The van der Waals surface area contributed by atoms with E-state index >= 15 is 0 Å². The number of nitrogens with zero attached hydrogens (tertiary/aromatic N) is 2. The lowest BCUT2D eigenvalue weighted by atomic mass is 10.1. The maximum absolute atomic E-state index is 12.9. The van der Waals surface area contributed by atoms with Crippen LogP contribution in [0.3, 0.4) is 0 Å². The topological polar surface area (TPSA) is 84.7 Å². The monoisotopic (exact) mass is 395 g/mol. The predicted octanol–water partition coefficient (Wildman–Crippen LogP) is 3.70. The van der Waals surface area contributed by atoms with E-state index in [0.29, 0.717) is 32.0 Å². The zero-order valence-electron chi connectivity index (χ0n) is 14.5. The highest BCUT2D eigenvalue weighted by Gasteiger charge is 2.30. The number of nitro benzene ring substituents is 1. The minimum Gasteiger partial charge on any atom is -0.378 e. The molecule has 28 heavy (non-hydrogen) atoms. The summed E-state index contributed by atoms with van der Waals surface area (Å²) in [6, 6.07) is 8.06. The highest BCUT2D eigenvalue weighted by Crippen LogP contribution is 2.31. The number of nitrogens with one attached hydrogen (secondary N) is 1. The molecule has 1 N–H and O–H groups in total. The van der Waals surface area contributed by atoms with Gasteiger partial charge in [-0.3, -0.25) is 14.9 Å². The fourth-order valence-electron chi connectivity index (χ4n) is 2.87. The largest absolute Gasteiger partial charge is 0.416 e. The number of hydrogen-bond acceptors (Lipinski definition) is 5. The molecule has 2 aromatic carbocycles. The van der Waals surface area contributed by atoms with Gasteiger partial charge in [0.2, 0.25) is 0 Å². The summed E-state index contributed by atoms with van der Waals surface area (Å²) in [5, 5.41) is 13.5. The van der Waals surface area contributed by atoms with E-state index in [0.717, 1.165) is 18.2 Å². The molecule has 1 aliphatic heterocycles. The Balaban J connectivity index is 1.93. The molecule has 0 radical (unpaired) electrons. The van der Waals surface area contributed by atoms with Crippen LogP contribution in [0.4, 0.5) is 30.2 Å². The predicted molar refractivity (Wildman–Crippen MR) is 95.5 cm³/mol. The number of carbonyl (C=O) groups excluding carboxylic acids is 1. The van der Waals surface area contributed by atoms with Gasteiger partial charge in [0.15, 0.2) is 0 Å². The molecule has 3 rings (SSSR count). The van der Waals surface area contributed by atoms with Crippen LogP contribution in [0.15, 0.2) is 42.5 Å².